The summed E-state index contributed by atoms with van der Waals surface area (Å²) in [5.41, 5.74) is 0. The predicted octanol–water partition coefficient (Wildman–Crippen LogP) is -0.368. The monoisotopic (exact) mass is 197 g/mol. The van der Waals surface area contributed by atoms with Gasteiger partial charge in [-0.1, -0.05) is 0 Å². The van der Waals surface area contributed by atoms with E-state index in [9.17, 15) is 9.59 Å². The molecule has 0 aromatic rings. The van der Waals surface area contributed by atoms with Crippen molar-refractivity contribution in [1.82, 2.24) is 15.1 Å². The number of carbonyl (C=O) groups is 2. The zero-order valence-corrected chi connectivity index (χ0v) is 8.32. The fourth-order valence-corrected chi connectivity index (χ4v) is 2.02. The van der Waals surface area contributed by atoms with Crippen LogP contribution < -0.4 is 5.32 Å². The van der Waals surface area contributed by atoms with Crippen molar-refractivity contribution in [2.75, 3.05) is 26.7 Å². The van der Waals surface area contributed by atoms with E-state index < -0.39 is 0 Å². The molecule has 0 spiro atoms. The minimum Gasteiger partial charge on any atom is -0.317 e. The molecule has 3 amide bonds. The molecule has 5 heteroatoms. The van der Waals surface area contributed by atoms with E-state index in [-0.39, 0.29) is 24.5 Å². The molecule has 2 aliphatic rings. The molecule has 0 unspecified atom stereocenters. The standard InChI is InChI=1S/C9H15N3O2/c1-11-8(13)6-12(9(11)14)7-2-4-10-5-3-7/h7,10H,2-6H2,1H3. The number of carbonyl (C=O) groups excluding carboxylic acids is 2. The lowest BCUT2D eigenvalue weighted by Crippen LogP contribution is -2.44. The molecule has 0 aliphatic carbocycles. The fourth-order valence-electron chi connectivity index (χ4n) is 2.02. The molecule has 0 saturated carbocycles. The van der Waals surface area contributed by atoms with Gasteiger partial charge in [-0.25, -0.2) is 4.79 Å². The number of imide groups is 1. The number of hydrogen-bond acceptors (Lipinski definition) is 3. The molecule has 0 bridgehead atoms. The summed E-state index contributed by atoms with van der Waals surface area (Å²) in [4.78, 5) is 25.8. The molecule has 0 aromatic carbocycles. The minimum absolute atomic E-state index is 0.0893. The molecular weight excluding hydrogens is 182 g/mol. The van der Waals surface area contributed by atoms with Gasteiger partial charge < -0.3 is 10.2 Å². The first-order valence-electron chi connectivity index (χ1n) is 4.98. The molecule has 5 nitrogen and oxygen atoms in total. The van der Waals surface area contributed by atoms with E-state index >= 15 is 0 Å². The van der Waals surface area contributed by atoms with E-state index in [0.29, 0.717) is 0 Å². The van der Waals surface area contributed by atoms with Gasteiger partial charge in [0.05, 0.1) is 0 Å². The van der Waals surface area contributed by atoms with Crippen LogP contribution in [-0.2, 0) is 4.79 Å². The van der Waals surface area contributed by atoms with Crippen molar-refractivity contribution < 1.29 is 9.59 Å². The first-order chi connectivity index (χ1) is 6.70. The van der Waals surface area contributed by atoms with Crippen LogP contribution in [0.2, 0.25) is 0 Å². The van der Waals surface area contributed by atoms with Crippen LogP contribution in [0.1, 0.15) is 12.8 Å². The van der Waals surface area contributed by atoms with E-state index in [0.717, 1.165) is 25.9 Å². The summed E-state index contributed by atoms with van der Waals surface area (Å²) in [7, 11) is 1.55. The number of nitrogens with one attached hydrogen (secondary N) is 1. The van der Waals surface area contributed by atoms with Crippen LogP contribution in [0.3, 0.4) is 0 Å². The van der Waals surface area contributed by atoms with Gasteiger partial charge in [0.15, 0.2) is 0 Å². The van der Waals surface area contributed by atoms with Crippen molar-refractivity contribution >= 4 is 11.9 Å². The molecule has 2 saturated heterocycles. The number of hydrogen-bond donors (Lipinski definition) is 1. The predicted molar refractivity (Wildman–Crippen MR) is 50.8 cm³/mol. The average Bonchev–Trinajstić information content (AvgIpc) is 2.47. The second-order valence-corrected chi connectivity index (χ2v) is 3.84. The maximum absolute atomic E-state index is 11.6. The highest BCUT2D eigenvalue weighted by Crippen LogP contribution is 2.18. The zero-order valence-electron chi connectivity index (χ0n) is 8.32. The SMILES string of the molecule is CN1C(=O)CN(C2CCNCC2)C1=O. The van der Waals surface area contributed by atoms with Gasteiger partial charge in [0.1, 0.15) is 6.54 Å². The van der Waals surface area contributed by atoms with Gasteiger partial charge in [-0.05, 0) is 25.9 Å². The topological polar surface area (TPSA) is 52.7 Å². The molecule has 0 atom stereocenters. The maximum atomic E-state index is 11.6. The summed E-state index contributed by atoms with van der Waals surface area (Å²) in [5, 5.41) is 3.24. The highest BCUT2D eigenvalue weighted by molar-refractivity contribution is 6.01. The van der Waals surface area contributed by atoms with Gasteiger partial charge in [-0.2, -0.15) is 0 Å². The molecule has 0 radical (unpaired) electrons. The highest BCUT2D eigenvalue weighted by Gasteiger charge is 2.37. The van der Waals surface area contributed by atoms with Crippen LogP contribution in [-0.4, -0.2) is 54.5 Å². The Bertz CT molecular complexity index is 261. The van der Waals surface area contributed by atoms with Crippen LogP contribution in [0.15, 0.2) is 0 Å². The number of amides is 3. The Morgan fingerprint density at radius 3 is 2.43 bits per heavy atom. The summed E-state index contributed by atoms with van der Waals surface area (Å²) in [6.07, 6.45) is 1.90. The van der Waals surface area contributed by atoms with Crippen LogP contribution in [0.25, 0.3) is 0 Å². The number of urea groups is 1. The Balaban J connectivity index is 2.04. The Morgan fingerprint density at radius 1 is 1.29 bits per heavy atom. The van der Waals surface area contributed by atoms with Crippen molar-refractivity contribution in [2.24, 2.45) is 0 Å². The molecular formula is C9H15N3O2. The summed E-state index contributed by atoms with van der Waals surface area (Å²) < 4.78 is 0. The smallest absolute Gasteiger partial charge is 0.317 e. The number of nitrogens with zero attached hydrogens (tertiary/aromatic N) is 2. The quantitative estimate of drug-likeness (QED) is 0.584. The van der Waals surface area contributed by atoms with Crippen LogP contribution in [0.4, 0.5) is 4.79 Å². The van der Waals surface area contributed by atoms with E-state index in [1.807, 2.05) is 0 Å². The lowest BCUT2D eigenvalue weighted by Gasteiger charge is -2.30. The molecule has 0 aromatic heterocycles. The summed E-state index contributed by atoms with van der Waals surface area (Å²) in [6.45, 7) is 2.14. The van der Waals surface area contributed by atoms with Crippen molar-refractivity contribution in [3.05, 3.63) is 0 Å². The number of likely N-dealkylation sites (N-methyl/N-ethyl adjacent to an activating group) is 1. The molecule has 78 valence electrons. The van der Waals surface area contributed by atoms with Crippen molar-refractivity contribution in [3.63, 3.8) is 0 Å². The van der Waals surface area contributed by atoms with E-state index in [4.69, 9.17) is 0 Å². The first kappa shape index (κ1) is 9.45. The molecule has 2 heterocycles. The summed E-state index contributed by atoms with van der Waals surface area (Å²) in [6, 6.07) is 0.111. The maximum Gasteiger partial charge on any atom is 0.327 e. The van der Waals surface area contributed by atoms with Crippen molar-refractivity contribution in [1.29, 1.82) is 0 Å². The lowest BCUT2D eigenvalue weighted by atomic mass is 10.1. The van der Waals surface area contributed by atoms with Crippen molar-refractivity contribution in [2.45, 2.75) is 18.9 Å². The number of rotatable bonds is 1. The Kier molecular flexibility index (Phi) is 2.41. The largest absolute Gasteiger partial charge is 0.327 e. The first-order valence-corrected chi connectivity index (χ1v) is 4.98. The Morgan fingerprint density at radius 2 is 1.93 bits per heavy atom. The van der Waals surface area contributed by atoms with Gasteiger partial charge in [-0.3, -0.25) is 9.69 Å². The van der Waals surface area contributed by atoms with Crippen molar-refractivity contribution in [3.8, 4) is 0 Å². The minimum atomic E-state index is -0.137. The third-order valence-corrected chi connectivity index (χ3v) is 2.96. The van der Waals surface area contributed by atoms with E-state index in [2.05, 4.69) is 5.32 Å². The fraction of sp³-hybridized carbons (Fsp3) is 0.778. The molecule has 2 aliphatic heterocycles. The van der Waals surface area contributed by atoms with Crippen LogP contribution in [0.5, 0.6) is 0 Å². The van der Waals surface area contributed by atoms with Gasteiger partial charge in [0.25, 0.3) is 0 Å². The molecule has 1 N–H and O–H groups in total. The van der Waals surface area contributed by atoms with E-state index in [1.165, 1.54) is 4.90 Å². The van der Waals surface area contributed by atoms with Gasteiger partial charge in [-0.15, -0.1) is 0 Å². The van der Waals surface area contributed by atoms with Gasteiger partial charge in [0.2, 0.25) is 5.91 Å². The molecule has 2 rings (SSSR count). The van der Waals surface area contributed by atoms with Gasteiger partial charge >= 0.3 is 6.03 Å². The summed E-state index contributed by atoms with van der Waals surface area (Å²) >= 11 is 0. The van der Waals surface area contributed by atoms with Crippen LogP contribution >= 0.6 is 0 Å². The van der Waals surface area contributed by atoms with Gasteiger partial charge in [0, 0.05) is 13.1 Å². The average molecular weight is 197 g/mol. The number of piperidine rings is 1. The highest BCUT2D eigenvalue weighted by atomic mass is 16.2. The molecule has 2 fully saturated rings. The normalized spacial score (nSPS) is 24.9. The van der Waals surface area contributed by atoms with E-state index in [1.54, 1.807) is 11.9 Å². The Hall–Kier alpha value is -1.10. The third kappa shape index (κ3) is 1.48. The third-order valence-electron chi connectivity index (χ3n) is 2.96. The second-order valence-electron chi connectivity index (χ2n) is 3.84. The Labute approximate surface area is 83.0 Å². The van der Waals surface area contributed by atoms with Crippen LogP contribution in [0, 0.1) is 0 Å². The zero-order chi connectivity index (χ0) is 10.1. The second kappa shape index (κ2) is 3.57. The lowest BCUT2D eigenvalue weighted by molar-refractivity contribution is -0.124. The summed E-state index contributed by atoms with van der Waals surface area (Å²) in [5.74, 6) is -0.0893. The molecule has 14 heavy (non-hydrogen) atoms.